The first-order valence-corrected chi connectivity index (χ1v) is 12.2. The molecular formula is C27H30N6O2. The lowest BCUT2D eigenvalue weighted by Gasteiger charge is -2.28. The number of anilines is 3. The number of rotatable bonds is 7. The van der Waals surface area contributed by atoms with Crippen molar-refractivity contribution in [2.24, 2.45) is 0 Å². The van der Waals surface area contributed by atoms with Gasteiger partial charge in [-0.2, -0.15) is 0 Å². The highest BCUT2D eigenvalue weighted by atomic mass is 16.2. The maximum atomic E-state index is 13.1. The molecule has 8 heteroatoms. The second kappa shape index (κ2) is 10.7. The molecule has 2 aliphatic heterocycles. The predicted molar refractivity (Wildman–Crippen MR) is 137 cm³/mol. The third-order valence-electron chi connectivity index (χ3n) is 6.61. The summed E-state index contributed by atoms with van der Waals surface area (Å²) < 4.78 is 0. The molecule has 0 spiro atoms. The van der Waals surface area contributed by atoms with E-state index >= 15 is 0 Å². The van der Waals surface area contributed by atoms with Crippen LogP contribution in [0, 0.1) is 0 Å². The van der Waals surface area contributed by atoms with Crippen LogP contribution in [0.15, 0.2) is 61.1 Å². The first-order chi connectivity index (χ1) is 17.2. The highest BCUT2D eigenvalue weighted by Gasteiger charge is 2.27. The number of amides is 2. The second-order valence-electron chi connectivity index (χ2n) is 9.04. The van der Waals surface area contributed by atoms with E-state index in [1.54, 1.807) is 30.7 Å². The molecule has 2 N–H and O–H groups in total. The minimum absolute atomic E-state index is 0.129. The average molecular weight is 471 g/mol. The zero-order chi connectivity index (χ0) is 24.0. The molecule has 35 heavy (non-hydrogen) atoms. The van der Waals surface area contributed by atoms with Gasteiger partial charge in [0.25, 0.3) is 5.91 Å². The van der Waals surface area contributed by atoms with Crippen molar-refractivity contribution in [3.8, 4) is 0 Å². The number of likely N-dealkylation sites (tertiary alicyclic amines) is 1. The Bertz CT molecular complexity index is 1190. The summed E-state index contributed by atoms with van der Waals surface area (Å²) in [5.74, 6) is 0.393. The first-order valence-electron chi connectivity index (χ1n) is 12.2. The molecular weight excluding hydrogens is 440 g/mol. The van der Waals surface area contributed by atoms with Crippen LogP contribution in [0.5, 0.6) is 0 Å². The number of nitrogens with one attached hydrogen (secondary N) is 2. The van der Waals surface area contributed by atoms with Gasteiger partial charge in [-0.15, -0.1) is 0 Å². The number of pyridine rings is 2. The zero-order valence-electron chi connectivity index (χ0n) is 19.7. The molecule has 2 amide bonds. The summed E-state index contributed by atoms with van der Waals surface area (Å²) in [7, 11) is 0. The molecule has 1 fully saturated rings. The summed E-state index contributed by atoms with van der Waals surface area (Å²) in [5, 5.41) is 6.23. The van der Waals surface area contributed by atoms with Crippen LogP contribution in [0.2, 0.25) is 0 Å². The van der Waals surface area contributed by atoms with Crippen molar-refractivity contribution in [2.45, 2.75) is 32.2 Å². The maximum absolute atomic E-state index is 13.1. The molecule has 4 heterocycles. The lowest BCUT2D eigenvalue weighted by molar-refractivity contribution is -0.119. The van der Waals surface area contributed by atoms with Gasteiger partial charge < -0.3 is 15.5 Å². The van der Waals surface area contributed by atoms with Gasteiger partial charge in [-0.3, -0.25) is 19.5 Å². The van der Waals surface area contributed by atoms with Gasteiger partial charge in [0.15, 0.2) is 0 Å². The fourth-order valence-electron chi connectivity index (χ4n) is 4.72. The summed E-state index contributed by atoms with van der Waals surface area (Å²) in [4.78, 5) is 38.7. The highest BCUT2D eigenvalue weighted by molar-refractivity contribution is 6.08. The Labute approximate surface area is 205 Å². The molecule has 0 radical (unpaired) electrons. The monoisotopic (exact) mass is 470 g/mol. The van der Waals surface area contributed by atoms with E-state index in [1.165, 1.54) is 6.42 Å². The maximum Gasteiger partial charge on any atom is 0.259 e. The first kappa shape index (κ1) is 23.0. The van der Waals surface area contributed by atoms with Crippen LogP contribution in [0.25, 0.3) is 0 Å². The number of hydrogen-bond donors (Lipinski definition) is 2. The van der Waals surface area contributed by atoms with Crippen LogP contribution in [-0.2, 0) is 17.8 Å². The molecule has 2 aromatic heterocycles. The molecule has 0 atom stereocenters. The van der Waals surface area contributed by atoms with Crippen LogP contribution in [0.3, 0.4) is 0 Å². The van der Waals surface area contributed by atoms with Crippen LogP contribution in [0.1, 0.15) is 40.7 Å². The Kier molecular flexibility index (Phi) is 6.99. The number of aromatic nitrogens is 2. The number of fused-ring (bicyclic) bond motifs is 1. The molecule has 3 aromatic rings. The standard InChI is InChI=1S/C27H30N6O2/c34-25(19-32-14-2-1-3-15-32)33-16-10-21-6-7-22(17-24(21)33)31-27(35)23-5-4-11-29-26(23)30-18-20-8-12-28-13-9-20/h4-9,11-13,17H,1-3,10,14-16,18-19H2,(H,29,30)(H,31,35). The number of benzene rings is 1. The molecule has 0 saturated carbocycles. The average Bonchev–Trinajstić information content (AvgIpc) is 3.32. The Morgan fingerprint density at radius 2 is 1.77 bits per heavy atom. The quantitative estimate of drug-likeness (QED) is 0.547. The number of nitrogens with zero attached hydrogens (tertiary/aromatic N) is 4. The Balaban J connectivity index is 1.27. The Morgan fingerprint density at radius 3 is 2.60 bits per heavy atom. The molecule has 180 valence electrons. The fraction of sp³-hybridized carbons (Fsp3) is 0.333. The summed E-state index contributed by atoms with van der Waals surface area (Å²) in [6, 6.07) is 13.1. The molecule has 0 aliphatic carbocycles. The van der Waals surface area contributed by atoms with E-state index in [-0.39, 0.29) is 11.8 Å². The minimum Gasteiger partial charge on any atom is -0.365 e. The molecule has 0 unspecified atom stereocenters. The molecule has 1 saturated heterocycles. The van der Waals surface area contributed by atoms with Gasteiger partial charge in [-0.1, -0.05) is 12.5 Å². The topological polar surface area (TPSA) is 90.5 Å². The van der Waals surface area contributed by atoms with Crippen molar-refractivity contribution in [3.63, 3.8) is 0 Å². The molecule has 1 aromatic carbocycles. The fourth-order valence-corrected chi connectivity index (χ4v) is 4.72. The largest absolute Gasteiger partial charge is 0.365 e. The number of piperidine rings is 1. The SMILES string of the molecule is O=C(Nc1ccc2c(c1)N(C(=O)CN1CCCCC1)CC2)c1cccnc1NCc1ccncc1. The third-order valence-corrected chi connectivity index (χ3v) is 6.61. The van der Waals surface area contributed by atoms with Gasteiger partial charge in [-0.25, -0.2) is 4.98 Å². The molecule has 0 bridgehead atoms. The van der Waals surface area contributed by atoms with Gasteiger partial charge >= 0.3 is 0 Å². The van der Waals surface area contributed by atoms with E-state index in [2.05, 4.69) is 25.5 Å². The number of hydrogen-bond acceptors (Lipinski definition) is 6. The van der Waals surface area contributed by atoms with Crippen molar-refractivity contribution >= 4 is 29.0 Å². The van der Waals surface area contributed by atoms with Crippen molar-refractivity contribution in [1.82, 2.24) is 14.9 Å². The minimum atomic E-state index is -0.250. The summed E-state index contributed by atoms with van der Waals surface area (Å²) >= 11 is 0. The van der Waals surface area contributed by atoms with E-state index in [1.807, 2.05) is 35.2 Å². The molecule has 5 rings (SSSR count). The number of carbonyl (C=O) groups is 2. The van der Waals surface area contributed by atoms with E-state index < -0.39 is 0 Å². The van der Waals surface area contributed by atoms with Crippen molar-refractivity contribution in [3.05, 3.63) is 77.7 Å². The highest BCUT2D eigenvalue weighted by Crippen LogP contribution is 2.31. The van der Waals surface area contributed by atoms with Crippen LogP contribution in [0.4, 0.5) is 17.2 Å². The normalized spacial score (nSPS) is 15.5. The Morgan fingerprint density at radius 1 is 0.943 bits per heavy atom. The smallest absolute Gasteiger partial charge is 0.259 e. The summed E-state index contributed by atoms with van der Waals surface area (Å²) in [5.41, 5.74) is 4.20. The van der Waals surface area contributed by atoms with Crippen molar-refractivity contribution in [1.29, 1.82) is 0 Å². The van der Waals surface area contributed by atoms with Gasteiger partial charge in [-0.05, 0) is 79.9 Å². The second-order valence-corrected chi connectivity index (χ2v) is 9.04. The van der Waals surface area contributed by atoms with E-state index in [0.29, 0.717) is 36.7 Å². The Hall–Kier alpha value is -3.78. The van der Waals surface area contributed by atoms with Gasteiger partial charge in [0.1, 0.15) is 5.82 Å². The van der Waals surface area contributed by atoms with E-state index in [0.717, 1.165) is 49.2 Å². The van der Waals surface area contributed by atoms with E-state index in [4.69, 9.17) is 0 Å². The summed E-state index contributed by atoms with van der Waals surface area (Å²) in [6.07, 6.45) is 9.53. The van der Waals surface area contributed by atoms with Gasteiger partial charge in [0, 0.05) is 43.1 Å². The predicted octanol–water partition coefficient (Wildman–Crippen LogP) is 3.72. The number of carbonyl (C=O) groups excluding carboxylic acids is 2. The van der Waals surface area contributed by atoms with Crippen LogP contribution >= 0.6 is 0 Å². The molecule has 2 aliphatic rings. The summed E-state index contributed by atoms with van der Waals surface area (Å²) in [6.45, 7) is 3.66. The van der Waals surface area contributed by atoms with Crippen molar-refractivity contribution in [2.75, 3.05) is 41.7 Å². The van der Waals surface area contributed by atoms with Crippen molar-refractivity contribution < 1.29 is 9.59 Å². The molecule has 8 nitrogen and oxygen atoms in total. The van der Waals surface area contributed by atoms with Crippen LogP contribution < -0.4 is 15.5 Å². The third kappa shape index (κ3) is 5.49. The van der Waals surface area contributed by atoms with Gasteiger partial charge in [0.2, 0.25) is 5.91 Å². The van der Waals surface area contributed by atoms with Gasteiger partial charge in [0.05, 0.1) is 12.1 Å². The van der Waals surface area contributed by atoms with E-state index in [9.17, 15) is 9.59 Å². The lowest BCUT2D eigenvalue weighted by atomic mass is 10.1. The van der Waals surface area contributed by atoms with Crippen LogP contribution in [-0.4, -0.2) is 52.9 Å². The zero-order valence-corrected chi connectivity index (χ0v) is 19.7. The lowest BCUT2D eigenvalue weighted by Crippen LogP contribution is -2.41.